The van der Waals surface area contributed by atoms with Crippen molar-refractivity contribution in [1.29, 1.82) is 0 Å². The van der Waals surface area contributed by atoms with Gasteiger partial charge in [-0.05, 0) is 42.5 Å². The molecule has 3 heterocycles. The number of anilines is 2. The molecule has 27 heavy (non-hydrogen) atoms. The third-order valence-corrected chi connectivity index (χ3v) is 5.43. The van der Waals surface area contributed by atoms with E-state index in [-0.39, 0.29) is 0 Å². The normalized spacial score (nSPS) is 11.3. The lowest BCUT2D eigenvalue weighted by Crippen LogP contribution is -1.99. The highest BCUT2D eigenvalue weighted by Gasteiger charge is 2.13. The van der Waals surface area contributed by atoms with Crippen LogP contribution in [0.1, 0.15) is 0 Å². The fraction of sp³-hybridized carbons (Fsp3) is 0. The molecule has 0 unspecified atom stereocenters. The molecular formula is C18H10Cl2N6S. The Labute approximate surface area is 167 Å². The molecule has 5 aromatic rings. The molecule has 5 rings (SSSR count). The Kier molecular flexibility index (Phi) is 3.93. The van der Waals surface area contributed by atoms with Gasteiger partial charge < -0.3 is 5.32 Å². The van der Waals surface area contributed by atoms with Gasteiger partial charge in [0.15, 0.2) is 10.8 Å². The van der Waals surface area contributed by atoms with Crippen LogP contribution in [0.5, 0.6) is 0 Å². The number of nitrogens with one attached hydrogen (secondary N) is 1. The zero-order valence-corrected chi connectivity index (χ0v) is 15.9. The first-order valence-corrected chi connectivity index (χ1v) is 9.52. The van der Waals surface area contributed by atoms with Crippen molar-refractivity contribution in [3.8, 4) is 5.69 Å². The van der Waals surface area contributed by atoms with Crippen molar-refractivity contribution in [3.63, 3.8) is 0 Å². The van der Waals surface area contributed by atoms with Crippen molar-refractivity contribution in [3.05, 3.63) is 65.0 Å². The highest BCUT2D eigenvalue weighted by atomic mass is 35.5. The predicted molar refractivity (Wildman–Crippen MR) is 110 cm³/mol. The highest BCUT2D eigenvalue weighted by Crippen LogP contribution is 2.31. The van der Waals surface area contributed by atoms with E-state index in [1.165, 1.54) is 17.7 Å². The average Bonchev–Trinajstić information content (AvgIpc) is 3.26. The second-order valence-electron chi connectivity index (χ2n) is 5.75. The predicted octanol–water partition coefficient (Wildman–Crippen LogP) is 5.48. The van der Waals surface area contributed by atoms with Gasteiger partial charge in [-0.25, -0.2) is 19.6 Å². The number of benzene rings is 2. The summed E-state index contributed by atoms with van der Waals surface area (Å²) in [4.78, 5) is 13.3. The molecule has 0 fully saturated rings. The smallest absolute Gasteiger partial charge is 0.189 e. The van der Waals surface area contributed by atoms with Gasteiger partial charge in [0.1, 0.15) is 12.1 Å². The molecular weight excluding hydrogens is 403 g/mol. The summed E-state index contributed by atoms with van der Waals surface area (Å²) in [5.41, 5.74) is 2.45. The van der Waals surface area contributed by atoms with E-state index in [1.54, 1.807) is 10.9 Å². The van der Waals surface area contributed by atoms with Gasteiger partial charge in [-0.1, -0.05) is 34.5 Å². The Hall–Kier alpha value is -2.74. The van der Waals surface area contributed by atoms with E-state index < -0.39 is 0 Å². The molecule has 0 saturated carbocycles. The van der Waals surface area contributed by atoms with Gasteiger partial charge in [-0.15, -0.1) is 0 Å². The van der Waals surface area contributed by atoms with Gasteiger partial charge in [0.25, 0.3) is 0 Å². The lowest BCUT2D eigenvalue weighted by molar-refractivity contribution is 0.895. The molecule has 6 nitrogen and oxygen atoms in total. The minimum atomic E-state index is 0.644. The summed E-state index contributed by atoms with van der Waals surface area (Å²) in [6.07, 6.45) is 3.24. The number of nitrogens with zero attached hydrogens (tertiary/aromatic N) is 5. The SMILES string of the molecule is Clc1ccc(-n2ncc3c(Nc4nc5ccc(Cl)cc5s4)ncnc32)cc1. The van der Waals surface area contributed by atoms with E-state index in [2.05, 4.69) is 25.4 Å². The van der Waals surface area contributed by atoms with Crippen molar-refractivity contribution in [2.75, 3.05) is 5.32 Å². The fourth-order valence-electron chi connectivity index (χ4n) is 2.77. The number of halogens is 2. The van der Waals surface area contributed by atoms with Crippen molar-refractivity contribution in [2.45, 2.75) is 0 Å². The molecule has 0 aliphatic carbocycles. The molecule has 1 N–H and O–H groups in total. The summed E-state index contributed by atoms with van der Waals surface area (Å²) in [7, 11) is 0. The summed E-state index contributed by atoms with van der Waals surface area (Å²) in [5.74, 6) is 0.644. The van der Waals surface area contributed by atoms with Crippen LogP contribution in [0.4, 0.5) is 10.9 Å². The van der Waals surface area contributed by atoms with Crippen molar-refractivity contribution >= 4 is 66.7 Å². The minimum Gasteiger partial charge on any atom is -0.315 e. The largest absolute Gasteiger partial charge is 0.315 e. The first-order chi connectivity index (χ1) is 13.2. The van der Waals surface area contributed by atoms with Gasteiger partial charge in [-0.3, -0.25) is 0 Å². The van der Waals surface area contributed by atoms with Crippen LogP contribution in [0.3, 0.4) is 0 Å². The third kappa shape index (κ3) is 2.99. The first kappa shape index (κ1) is 16.4. The van der Waals surface area contributed by atoms with Crippen LogP contribution in [0, 0.1) is 0 Å². The molecule has 0 saturated heterocycles. The van der Waals surface area contributed by atoms with Gasteiger partial charge in [-0.2, -0.15) is 5.10 Å². The Balaban J connectivity index is 1.56. The molecule has 0 aliphatic heterocycles. The van der Waals surface area contributed by atoms with Crippen LogP contribution in [-0.4, -0.2) is 24.7 Å². The van der Waals surface area contributed by atoms with E-state index in [4.69, 9.17) is 23.2 Å². The molecule has 0 amide bonds. The van der Waals surface area contributed by atoms with E-state index in [0.29, 0.717) is 21.5 Å². The number of hydrogen-bond acceptors (Lipinski definition) is 6. The number of fused-ring (bicyclic) bond motifs is 2. The number of hydrogen-bond donors (Lipinski definition) is 1. The fourth-order valence-corrected chi connectivity index (χ4v) is 4.04. The van der Waals surface area contributed by atoms with Gasteiger partial charge >= 0.3 is 0 Å². The van der Waals surface area contributed by atoms with Crippen LogP contribution in [-0.2, 0) is 0 Å². The van der Waals surface area contributed by atoms with Gasteiger partial charge in [0.2, 0.25) is 0 Å². The third-order valence-electron chi connectivity index (χ3n) is 4.01. The Bertz CT molecular complexity index is 1280. The summed E-state index contributed by atoms with van der Waals surface area (Å²) in [5, 5.41) is 10.6. The lowest BCUT2D eigenvalue weighted by atomic mass is 10.3. The van der Waals surface area contributed by atoms with E-state index in [1.807, 2.05) is 42.5 Å². The van der Waals surface area contributed by atoms with Crippen LogP contribution >= 0.6 is 34.5 Å². The molecule has 3 aromatic heterocycles. The van der Waals surface area contributed by atoms with Crippen LogP contribution < -0.4 is 5.32 Å². The Morgan fingerprint density at radius 1 is 0.963 bits per heavy atom. The van der Waals surface area contributed by atoms with E-state index in [0.717, 1.165) is 26.4 Å². The topological polar surface area (TPSA) is 68.5 Å². The molecule has 0 spiro atoms. The van der Waals surface area contributed by atoms with Gasteiger partial charge in [0, 0.05) is 10.0 Å². The molecule has 0 radical (unpaired) electrons. The second-order valence-corrected chi connectivity index (χ2v) is 7.65. The quantitative estimate of drug-likeness (QED) is 0.425. The summed E-state index contributed by atoms with van der Waals surface area (Å²) in [6.45, 7) is 0. The van der Waals surface area contributed by atoms with Crippen LogP contribution in [0.2, 0.25) is 10.0 Å². The van der Waals surface area contributed by atoms with Crippen LogP contribution in [0.25, 0.3) is 26.9 Å². The molecule has 9 heteroatoms. The number of thiazole rings is 1. The summed E-state index contributed by atoms with van der Waals surface area (Å²) >= 11 is 13.5. The minimum absolute atomic E-state index is 0.644. The van der Waals surface area contributed by atoms with Crippen molar-refractivity contribution in [1.82, 2.24) is 24.7 Å². The zero-order chi connectivity index (χ0) is 18.4. The average molecular weight is 413 g/mol. The van der Waals surface area contributed by atoms with Crippen molar-refractivity contribution < 1.29 is 0 Å². The van der Waals surface area contributed by atoms with Crippen molar-refractivity contribution in [2.24, 2.45) is 0 Å². The standard InChI is InChI=1S/C18H10Cl2N6S/c19-10-1-4-12(5-2-10)26-17-13(8-23-26)16(21-9-22-17)25-18-24-14-6-3-11(20)7-15(14)27-18/h1-9H,(H,21,22,24,25). The molecule has 0 bridgehead atoms. The Morgan fingerprint density at radius 2 is 1.78 bits per heavy atom. The second kappa shape index (κ2) is 6.45. The first-order valence-electron chi connectivity index (χ1n) is 7.95. The van der Waals surface area contributed by atoms with Crippen LogP contribution in [0.15, 0.2) is 55.0 Å². The molecule has 132 valence electrons. The maximum Gasteiger partial charge on any atom is 0.189 e. The zero-order valence-electron chi connectivity index (χ0n) is 13.6. The van der Waals surface area contributed by atoms with E-state index >= 15 is 0 Å². The van der Waals surface area contributed by atoms with Gasteiger partial charge in [0.05, 0.1) is 27.5 Å². The number of aromatic nitrogens is 5. The summed E-state index contributed by atoms with van der Waals surface area (Å²) < 4.78 is 2.75. The molecule has 2 aromatic carbocycles. The maximum absolute atomic E-state index is 6.06. The highest BCUT2D eigenvalue weighted by molar-refractivity contribution is 7.22. The summed E-state index contributed by atoms with van der Waals surface area (Å²) in [6, 6.07) is 13.0. The van der Waals surface area contributed by atoms with E-state index in [9.17, 15) is 0 Å². The molecule has 0 atom stereocenters. The monoisotopic (exact) mass is 412 g/mol. The maximum atomic E-state index is 6.06. The molecule has 0 aliphatic rings. The lowest BCUT2D eigenvalue weighted by Gasteiger charge is -2.04. The number of rotatable bonds is 3. The Morgan fingerprint density at radius 3 is 2.63 bits per heavy atom.